The van der Waals surface area contributed by atoms with E-state index in [9.17, 15) is 9.59 Å². The highest BCUT2D eigenvalue weighted by Gasteiger charge is 2.28. The minimum Gasteiger partial charge on any atom is -0.294 e. The van der Waals surface area contributed by atoms with Crippen molar-refractivity contribution < 1.29 is 9.59 Å². The first-order valence-electron chi connectivity index (χ1n) is 5.11. The van der Waals surface area contributed by atoms with Gasteiger partial charge in [0.25, 0.3) is 0 Å². The molecule has 1 atom stereocenters. The number of carbonyl (C=O) groups excluding carboxylic acids is 2. The summed E-state index contributed by atoms with van der Waals surface area (Å²) in [6, 6.07) is 0.324. The summed E-state index contributed by atoms with van der Waals surface area (Å²) in [6.07, 6.45) is 0.970. The second-order valence-corrected chi connectivity index (χ2v) is 4.10. The highest BCUT2D eigenvalue weighted by molar-refractivity contribution is 5.99. The summed E-state index contributed by atoms with van der Waals surface area (Å²) < 4.78 is 0. The number of rotatable bonds is 3. The summed E-state index contributed by atoms with van der Waals surface area (Å²) in [5.74, 6) is 0.111. The maximum absolute atomic E-state index is 11.2. The third-order valence-corrected chi connectivity index (χ3v) is 2.63. The van der Waals surface area contributed by atoms with Crippen LogP contribution < -0.4 is 5.32 Å². The van der Waals surface area contributed by atoms with E-state index < -0.39 is 0 Å². The number of carbonyl (C=O) groups is 2. The summed E-state index contributed by atoms with van der Waals surface area (Å²) in [6.45, 7) is 7.02. The first-order chi connectivity index (χ1) is 6.54. The van der Waals surface area contributed by atoms with E-state index in [1.54, 1.807) is 0 Å². The van der Waals surface area contributed by atoms with Crippen molar-refractivity contribution in [3.8, 4) is 0 Å². The van der Waals surface area contributed by atoms with Gasteiger partial charge in [0.1, 0.15) is 0 Å². The normalized spacial score (nSPS) is 21.1. The monoisotopic (exact) mass is 198 g/mol. The molecule has 0 aromatic heterocycles. The van der Waals surface area contributed by atoms with Gasteiger partial charge in [-0.25, -0.2) is 0 Å². The van der Waals surface area contributed by atoms with E-state index in [1.807, 2.05) is 4.90 Å². The van der Waals surface area contributed by atoms with Gasteiger partial charge in [0.05, 0.1) is 13.1 Å². The Labute approximate surface area is 84.7 Å². The minimum atomic E-state index is -0.180. The van der Waals surface area contributed by atoms with E-state index >= 15 is 0 Å². The molecular weight excluding hydrogens is 180 g/mol. The summed E-state index contributed by atoms with van der Waals surface area (Å²) in [5, 5.41) is 2.31. The van der Waals surface area contributed by atoms with Gasteiger partial charge >= 0.3 is 0 Å². The molecule has 1 heterocycles. The molecule has 4 nitrogen and oxygen atoms in total. The lowest BCUT2D eigenvalue weighted by Crippen LogP contribution is -2.55. The zero-order valence-electron chi connectivity index (χ0n) is 9.04. The molecule has 1 aliphatic rings. The van der Waals surface area contributed by atoms with Crippen molar-refractivity contribution in [3.05, 3.63) is 0 Å². The molecule has 1 rings (SSSR count). The molecule has 1 fully saturated rings. The summed E-state index contributed by atoms with van der Waals surface area (Å²) in [5.41, 5.74) is 0. The van der Waals surface area contributed by atoms with E-state index in [1.165, 1.54) is 0 Å². The van der Waals surface area contributed by atoms with Crippen molar-refractivity contribution in [2.24, 2.45) is 5.92 Å². The highest BCUT2D eigenvalue weighted by Crippen LogP contribution is 2.15. The first kappa shape index (κ1) is 11.2. The van der Waals surface area contributed by atoms with Crippen LogP contribution >= 0.6 is 0 Å². The van der Waals surface area contributed by atoms with E-state index in [-0.39, 0.29) is 11.8 Å². The SMILES string of the molecule is CCC(C(C)C)N1CC(=O)NC(=O)C1. The van der Waals surface area contributed by atoms with E-state index in [2.05, 4.69) is 26.1 Å². The van der Waals surface area contributed by atoms with Crippen molar-refractivity contribution in [3.63, 3.8) is 0 Å². The third kappa shape index (κ3) is 2.54. The van der Waals surface area contributed by atoms with Crippen LogP contribution in [0.5, 0.6) is 0 Å². The number of amides is 2. The Bertz CT molecular complexity index is 222. The lowest BCUT2D eigenvalue weighted by molar-refractivity contribution is -0.137. The largest absolute Gasteiger partial charge is 0.294 e. The molecule has 0 spiro atoms. The second-order valence-electron chi connectivity index (χ2n) is 4.10. The van der Waals surface area contributed by atoms with Gasteiger partial charge in [-0.1, -0.05) is 20.8 Å². The van der Waals surface area contributed by atoms with Gasteiger partial charge in [-0.05, 0) is 12.3 Å². The Morgan fingerprint density at radius 2 is 1.79 bits per heavy atom. The first-order valence-corrected chi connectivity index (χ1v) is 5.11. The minimum absolute atomic E-state index is 0.180. The summed E-state index contributed by atoms with van der Waals surface area (Å²) in [4.78, 5) is 24.3. The molecule has 1 unspecified atom stereocenters. The number of piperazine rings is 1. The van der Waals surface area contributed by atoms with Crippen molar-refractivity contribution in [1.29, 1.82) is 0 Å². The Morgan fingerprint density at radius 1 is 1.29 bits per heavy atom. The fourth-order valence-electron chi connectivity index (χ4n) is 2.05. The fourth-order valence-corrected chi connectivity index (χ4v) is 2.05. The van der Waals surface area contributed by atoms with Crippen molar-refractivity contribution >= 4 is 11.8 Å². The molecule has 0 aromatic carbocycles. The molecule has 1 aliphatic heterocycles. The lowest BCUT2D eigenvalue weighted by Gasteiger charge is -2.35. The van der Waals surface area contributed by atoms with Crippen molar-refractivity contribution in [2.45, 2.75) is 33.2 Å². The molecule has 0 radical (unpaired) electrons. The molecule has 0 aliphatic carbocycles. The van der Waals surface area contributed by atoms with Gasteiger partial charge in [-0.3, -0.25) is 19.8 Å². The Hall–Kier alpha value is -0.900. The number of nitrogens with zero attached hydrogens (tertiary/aromatic N) is 1. The predicted molar refractivity (Wildman–Crippen MR) is 53.6 cm³/mol. The van der Waals surface area contributed by atoms with E-state index in [4.69, 9.17) is 0 Å². The van der Waals surface area contributed by atoms with Gasteiger partial charge in [0.2, 0.25) is 11.8 Å². The Balaban J connectivity index is 2.65. The summed E-state index contributed by atoms with van der Waals surface area (Å²) >= 11 is 0. The van der Waals surface area contributed by atoms with Gasteiger partial charge < -0.3 is 0 Å². The highest BCUT2D eigenvalue weighted by atomic mass is 16.2. The van der Waals surface area contributed by atoms with E-state index in [0.29, 0.717) is 25.0 Å². The molecule has 0 aromatic rings. The molecule has 2 amide bonds. The molecule has 1 saturated heterocycles. The van der Waals surface area contributed by atoms with Gasteiger partial charge in [0, 0.05) is 6.04 Å². The molecule has 0 saturated carbocycles. The van der Waals surface area contributed by atoms with Crippen LogP contribution in [0.3, 0.4) is 0 Å². The zero-order chi connectivity index (χ0) is 10.7. The van der Waals surface area contributed by atoms with Crippen LogP contribution in [0.4, 0.5) is 0 Å². The summed E-state index contributed by atoms with van der Waals surface area (Å²) in [7, 11) is 0. The zero-order valence-corrected chi connectivity index (χ0v) is 9.04. The number of hydrogen-bond donors (Lipinski definition) is 1. The van der Waals surface area contributed by atoms with Crippen LogP contribution in [0.25, 0.3) is 0 Å². The second kappa shape index (κ2) is 4.55. The Kier molecular flexibility index (Phi) is 3.63. The van der Waals surface area contributed by atoms with Crippen molar-refractivity contribution in [1.82, 2.24) is 10.2 Å². The van der Waals surface area contributed by atoms with Crippen LogP contribution in [0.2, 0.25) is 0 Å². The lowest BCUT2D eigenvalue weighted by atomic mass is 9.99. The molecule has 80 valence electrons. The average molecular weight is 198 g/mol. The average Bonchev–Trinajstić information content (AvgIpc) is 2.02. The topological polar surface area (TPSA) is 49.4 Å². The number of hydrogen-bond acceptors (Lipinski definition) is 3. The molecular formula is C10H18N2O2. The van der Waals surface area contributed by atoms with Gasteiger partial charge in [-0.2, -0.15) is 0 Å². The maximum atomic E-state index is 11.2. The van der Waals surface area contributed by atoms with Crippen LogP contribution in [0.1, 0.15) is 27.2 Å². The van der Waals surface area contributed by atoms with Crippen LogP contribution in [0.15, 0.2) is 0 Å². The third-order valence-electron chi connectivity index (χ3n) is 2.63. The van der Waals surface area contributed by atoms with Crippen LogP contribution in [0, 0.1) is 5.92 Å². The van der Waals surface area contributed by atoms with E-state index in [0.717, 1.165) is 6.42 Å². The smallest absolute Gasteiger partial charge is 0.240 e. The van der Waals surface area contributed by atoms with Crippen LogP contribution in [-0.4, -0.2) is 35.8 Å². The van der Waals surface area contributed by atoms with Gasteiger partial charge in [0.15, 0.2) is 0 Å². The fraction of sp³-hybridized carbons (Fsp3) is 0.800. The van der Waals surface area contributed by atoms with Gasteiger partial charge in [-0.15, -0.1) is 0 Å². The number of imide groups is 1. The predicted octanol–water partition coefficient (Wildman–Crippen LogP) is 0.379. The molecule has 1 N–H and O–H groups in total. The molecule has 0 bridgehead atoms. The number of nitrogens with one attached hydrogen (secondary N) is 1. The Morgan fingerprint density at radius 3 is 2.14 bits per heavy atom. The molecule has 4 heteroatoms. The molecule has 14 heavy (non-hydrogen) atoms. The van der Waals surface area contributed by atoms with Crippen molar-refractivity contribution in [2.75, 3.05) is 13.1 Å². The quantitative estimate of drug-likeness (QED) is 0.667. The standard InChI is InChI=1S/C10H18N2O2/c1-4-8(7(2)3)12-5-9(13)11-10(14)6-12/h7-8H,4-6H2,1-3H3,(H,11,13,14). The van der Waals surface area contributed by atoms with Crippen LogP contribution in [-0.2, 0) is 9.59 Å². The maximum Gasteiger partial charge on any atom is 0.240 e.